The summed E-state index contributed by atoms with van der Waals surface area (Å²) in [5.74, 6) is -0.431. The molecule has 0 aliphatic rings. The van der Waals surface area contributed by atoms with E-state index in [1.165, 1.54) is 51.4 Å². The SMILES string of the molecule is CCCCCC/C=C\COC(=O)CCCCCCCN(CCCCc1cccc(C(=O)OC/C=C\CCCCCC)c1)C(=O)OC(C)(C)C. The number of esters is 2. The Hall–Kier alpha value is -3.09. The lowest BCUT2D eigenvalue weighted by molar-refractivity contribution is -0.142. The molecule has 0 atom stereocenters. The van der Waals surface area contributed by atoms with E-state index < -0.39 is 5.60 Å². The van der Waals surface area contributed by atoms with Crippen LogP contribution in [-0.2, 0) is 25.4 Å². The lowest BCUT2D eigenvalue weighted by Crippen LogP contribution is -2.38. The first-order valence-corrected chi connectivity index (χ1v) is 19.4. The van der Waals surface area contributed by atoms with Gasteiger partial charge in [-0.15, -0.1) is 0 Å². The molecule has 0 bridgehead atoms. The van der Waals surface area contributed by atoms with Crippen LogP contribution in [0.25, 0.3) is 0 Å². The largest absolute Gasteiger partial charge is 0.461 e. The minimum absolute atomic E-state index is 0.130. The van der Waals surface area contributed by atoms with Crippen LogP contribution in [0.3, 0.4) is 0 Å². The van der Waals surface area contributed by atoms with Gasteiger partial charge in [0.25, 0.3) is 0 Å². The van der Waals surface area contributed by atoms with E-state index in [1.807, 2.05) is 56.0 Å². The number of aryl methyl sites for hydroxylation is 1. The van der Waals surface area contributed by atoms with E-state index in [2.05, 4.69) is 26.0 Å². The topological polar surface area (TPSA) is 82.1 Å². The van der Waals surface area contributed by atoms with E-state index in [9.17, 15) is 14.4 Å². The number of hydrogen-bond donors (Lipinski definition) is 0. The van der Waals surface area contributed by atoms with E-state index in [0.29, 0.717) is 38.3 Å². The van der Waals surface area contributed by atoms with Crippen LogP contribution in [0.1, 0.15) is 166 Å². The fraction of sp³-hybridized carbons (Fsp3) is 0.690. The Bertz CT molecular complexity index is 1070. The van der Waals surface area contributed by atoms with Crippen molar-refractivity contribution in [2.75, 3.05) is 26.3 Å². The molecule has 0 fully saturated rings. The number of unbranched alkanes of at least 4 members (excludes halogenated alkanes) is 13. The van der Waals surface area contributed by atoms with Crippen LogP contribution in [0, 0.1) is 0 Å². The zero-order valence-corrected chi connectivity index (χ0v) is 31.8. The molecule has 1 rings (SSSR count). The number of hydrogen-bond acceptors (Lipinski definition) is 6. The molecule has 1 aromatic rings. The minimum atomic E-state index is -0.548. The van der Waals surface area contributed by atoms with Crippen molar-refractivity contribution in [1.82, 2.24) is 4.90 Å². The number of benzene rings is 1. The van der Waals surface area contributed by atoms with Crippen molar-refractivity contribution in [2.24, 2.45) is 0 Å². The molecule has 0 aliphatic heterocycles. The Labute approximate surface area is 299 Å². The van der Waals surface area contributed by atoms with Crippen molar-refractivity contribution in [3.63, 3.8) is 0 Å². The summed E-state index contributed by atoms with van der Waals surface area (Å²) >= 11 is 0. The molecule has 0 heterocycles. The van der Waals surface area contributed by atoms with Crippen molar-refractivity contribution < 1.29 is 28.6 Å². The molecule has 0 N–H and O–H groups in total. The fourth-order valence-corrected chi connectivity index (χ4v) is 5.38. The van der Waals surface area contributed by atoms with Gasteiger partial charge in [0.2, 0.25) is 0 Å². The monoisotopic (exact) mass is 684 g/mol. The molecule has 7 nitrogen and oxygen atoms in total. The third-order valence-corrected chi connectivity index (χ3v) is 8.20. The van der Waals surface area contributed by atoms with Gasteiger partial charge in [-0.3, -0.25) is 4.79 Å². The standard InChI is InChI=1S/C42H69NO6/c1-6-8-10-12-14-19-25-34-47-39(44)31-21-17-16-18-23-32-43(41(46)49-42(3,4)5)33-24-22-28-37-29-27-30-38(36-37)40(45)48-35-26-20-15-13-11-9-7-2/h19-20,25-27,29-30,36H,6-18,21-24,28,31-35H2,1-5H3/b25-19-,26-20-. The molecule has 0 aromatic heterocycles. The maximum Gasteiger partial charge on any atom is 0.410 e. The van der Waals surface area contributed by atoms with Crippen LogP contribution in [0.4, 0.5) is 4.79 Å². The Morgan fingerprint density at radius 2 is 1.24 bits per heavy atom. The summed E-state index contributed by atoms with van der Waals surface area (Å²) in [7, 11) is 0. The number of carbonyl (C=O) groups excluding carboxylic acids is 3. The molecule has 0 unspecified atom stereocenters. The quantitative estimate of drug-likeness (QED) is 0.0378. The van der Waals surface area contributed by atoms with Crippen molar-refractivity contribution in [3.8, 4) is 0 Å². The molecular formula is C42H69NO6. The Balaban J connectivity index is 2.35. The third kappa shape index (κ3) is 25.5. The van der Waals surface area contributed by atoms with Crippen molar-refractivity contribution in [2.45, 2.75) is 162 Å². The van der Waals surface area contributed by atoms with Gasteiger partial charge in [0.05, 0.1) is 5.56 Å². The first-order chi connectivity index (χ1) is 23.7. The molecule has 0 spiro atoms. The zero-order chi connectivity index (χ0) is 36.0. The van der Waals surface area contributed by atoms with E-state index in [0.717, 1.165) is 69.8 Å². The molecule has 0 aliphatic carbocycles. The zero-order valence-electron chi connectivity index (χ0n) is 31.8. The summed E-state index contributed by atoms with van der Waals surface area (Å²) in [5, 5.41) is 0. The smallest absolute Gasteiger partial charge is 0.410 e. The average molecular weight is 684 g/mol. The highest BCUT2D eigenvalue weighted by Crippen LogP contribution is 2.15. The summed E-state index contributed by atoms with van der Waals surface area (Å²) in [4.78, 5) is 39.3. The van der Waals surface area contributed by atoms with Gasteiger partial charge in [-0.25, -0.2) is 9.59 Å². The number of rotatable bonds is 28. The normalized spacial score (nSPS) is 11.7. The second-order valence-electron chi connectivity index (χ2n) is 14.1. The first kappa shape index (κ1) is 43.9. The van der Waals surface area contributed by atoms with E-state index in [4.69, 9.17) is 14.2 Å². The van der Waals surface area contributed by atoms with Crippen LogP contribution < -0.4 is 0 Å². The fourth-order valence-electron chi connectivity index (χ4n) is 5.38. The van der Waals surface area contributed by atoms with Crippen LogP contribution in [0.2, 0.25) is 0 Å². The van der Waals surface area contributed by atoms with Gasteiger partial charge >= 0.3 is 18.0 Å². The Morgan fingerprint density at radius 3 is 1.88 bits per heavy atom. The molecule has 1 amide bonds. The third-order valence-electron chi connectivity index (χ3n) is 8.20. The number of allylic oxidation sites excluding steroid dienone is 2. The number of carbonyl (C=O) groups is 3. The molecule has 278 valence electrons. The van der Waals surface area contributed by atoms with Crippen LogP contribution in [0.15, 0.2) is 48.6 Å². The van der Waals surface area contributed by atoms with Gasteiger partial charge in [-0.1, -0.05) is 108 Å². The predicted molar refractivity (Wildman–Crippen MR) is 202 cm³/mol. The first-order valence-electron chi connectivity index (χ1n) is 19.4. The highest BCUT2D eigenvalue weighted by atomic mass is 16.6. The molecule has 7 heteroatoms. The lowest BCUT2D eigenvalue weighted by Gasteiger charge is -2.27. The van der Waals surface area contributed by atoms with E-state index in [1.54, 1.807) is 6.07 Å². The second-order valence-corrected chi connectivity index (χ2v) is 14.1. The van der Waals surface area contributed by atoms with Crippen LogP contribution in [0.5, 0.6) is 0 Å². The van der Waals surface area contributed by atoms with Gasteiger partial charge in [-0.2, -0.15) is 0 Å². The number of amides is 1. The molecule has 0 saturated carbocycles. The van der Waals surface area contributed by atoms with Crippen molar-refractivity contribution in [1.29, 1.82) is 0 Å². The Morgan fingerprint density at radius 1 is 0.673 bits per heavy atom. The summed E-state index contributed by atoms with van der Waals surface area (Å²) in [6.45, 7) is 12.0. The van der Waals surface area contributed by atoms with Crippen LogP contribution in [-0.4, -0.2) is 54.8 Å². The number of ether oxygens (including phenoxy) is 3. The van der Waals surface area contributed by atoms with Crippen molar-refractivity contribution >= 4 is 18.0 Å². The summed E-state index contributed by atoms with van der Waals surface area (Å²) in [6, 6.07) is 7.65. The summed E-state index contributed by atoms with van der Waals surface area (Å²) in [6.07, 6.45) is 27.5. The molecule has 49 heavy (non-hydrogen) atoms. The average Bonchev–Trinajstić information content (AvgIpc) is 3.06. The lowest BCUT2D eigenvalue weighted by atomic mass is 10.0. The van der Waals surface area contributed by atoms with Gasteiger partial charge in [0.15, 0.2) is 0 Å². The number of nitrogens with zero attached hydrogens (tertiary/aromatic N) is 1. The van der Waals surface area contributed by atoms with Crippen molar-refractivity contribution in [3.05, 3.63) is 59.7 Å². The predicted octanol–water partition coefficient (Wildman–Crippen LogP) is 11.3. The molecule has 0 radical (unpaired) electrons. The Kier molecular flexibility index (Phi) is 25.7. The van der Waals surface area contributed by atoms with Crippen LogP contribution >= 0.6 is 0 Å². The highest BCUT2D eigenvalue weighted by molar-refractivity contribution is 5.89. The van der Waals surface area contributed by atoms with Gasteiger partial charge in [-0.05, 0) is 96.3 Å². The van der Waals surface area contributed by atoms with Gasteiger partial charge < -0.3 is 19.1 Å². The molecule has 0 saturated heterocycles. The second kappa shape index (κ2) is 28.7. The van der Waals surface area contributed by atoms with Gasteiger partial charge in [0, 0.05) is 19.5 Å². The summed E-state index contributed by atoms with van der Waals surface area (Å²) < 4.78 is 16.4. The highest BCUT2D eigenvalue weighted by Gasteiger charge is 2.21. The maximum absolute atomic E-state index is 12.9. The van der Waals surface area contributed by atoms with E-state index in [-0.39, 0.29) is 18.0 Å². The van der Waals surface area contributed by atoms with E-state index >= 15 is 0 Å². The molecular weight excluding hydrogens is 614 g/mol. The minimum Gasteiger partial charge on any atom is -0.461 e. The summed E-state index contributed by atoms with van der Waals surface area (Å²) in [5.41, 5.74) is 1.11. The molecule has 1 aromatic carbocycles. The van der Waals surface area contributed by atoms with Gasteiger partial charge in [0.1, 0.15) is 18.8 Å². The maximum atomic E-state index is 12.9.